The summed E-state index contributed by atoms with van der Waals surface area (Å²) in [4.78, 5) is 25.4. The van der Waals surface area contributed by atoms with Crippen LogP contribution in [0.25, 0.3) is 0 Å². The molecule has 3 unspecified atom stereocenters. The van der Waals surface area contributed by atoms with Gasteiger partial charge in [0, 0.05) is 14.2 Å². The number of methoxy groups -OCH3 is 2. The Hall–Kier alpha value is -1.30. The molecule has 0 aliphatic carbocycles. The highest BCUT2D eigenvalue weighted by Gasteiger charge is 2.35. The summed E-state index contributed by atoms with van der Waals surface area (Å²) in [6.07, 6.45) is 0.0678. The molecule has 130 valence electrons. The van der Waals surface area contributed by atoms with Crippen LogP contribution in [0.1, 0.15) is 47.5 Å². The van der Waals surface area contributed by atoms with Gasteiger partial charge in [-0.3, -0.25) is 4.79 Å². The molecular weight excluding hydrogens is 286 g/mol. The summed E-state index contributed by atoms with van der Waals surface area (Å²) in [5.41, 5.74) is -0.573. The van der Waals surface area contributed by atoms with Crippen LogP contribution in [0.2, 0.25) is 0 Å². The Morgan fingerprint density at radius 2 is 1.73 bits per heavy atom. The number of carbonyl (C=O) groups is 2. The molecule has 0 N–H and O–H groups in total. The fraction of sp³-hybridized carbons (Fsp3) is 0.875. The number of hydrogen-bond acceptors (Lipinski definition) is 5. The monoisotopic (exact) mass is 317 g/mol. The Bertz CT molecular complexity index is 364. The van der Waals surface area contributed by atoms with Crippen molar-refractivity contribution in [3.8, 4) is 0 Å². The lowest BCUT2D eigenvalue weighted by Crippen LogP contribution is -2.51. The highest BCUT2D eigenvalue weighted by Crippen LogP contribution is 2.23. The molecule has 0 rings (SSSR count). The van der Waals surface area contributed by atoms with E-state index >= 15 is 0 Å². The van der Waals surface area contributed by atoms with Crippen molar-refractivity contribution in [3.63, 3.8) is 0 Å². The van der Waals surface area contributed by atoms with Crippen LogP contribution in [-0.2, 0) is 19.0 Å². The summed E-state index contributed by atoms with van der Waals surface area (Å²) >= 11 is 0. The second-order valence-electron chi connectivity index (χ2n) is 6.52. The normalized spacial score (nSPS) is 15.6. The molecule has 0 bridgehead atoms. The third kappa shape index (κ3) is 6.64. The van der Waals surface area contributed by atoms with E-state index in [4.69, 9.17) is 14.2 Å². The maximum atomic E-state index is 12.3. The molecule has 0 aliphatic heterocycles. The fourth-order valence-corrected chi connectivity index (χ4v) is 2.29. The van der Waals surface area contributed by atoms with Crippen molar-refractivity contribution in [1.82, 2.24) is 4.90 Å². The van der Waals surface area contributed by atoms with E-state index in [1.165, 1.54) is 19.1 Å². The molecule has 6 nitrogen and oxygen atoms in total. The van der Waals surface area contributed by atoms with Gasteiger partial charge in [-0.05, 0) is 26.7 Å². The number of rotatable bonds is 7. The quantitative estimate of drug-likeness (QED) is 0.676. The van der Waals surface area contributed by atoms with Crippen LogP contribution < -0.4 is 0 Å². The molecule has 0 aromatic heterocycles. The summed E-state index contributed by atoms with van der Waals surface area (Å²) < 4.78 is 15.6. The lowest BCUT2D eigenvalue weighted by Gasteiger charge is -2.38. The smallest absolute Gasteiger partial charge is 0.410 e. The van der Waals surface area contributed by atoms with E-state index in [1.807, 2.05) is 34.6 Å². The van der Waals surface area contributed by atoms with E-state index in [1.54, 1.807) is 7.05 Å². The van der Waals surface area contributed by atoms with E-state index in [0.717, 1.165) is 6.42 Å². The van der Waals surface area contributed by atoms with Gasteiger partial charge in [0.25, 0.3) is 0 Å². The van der Waals surface area contributed by atoms with Gasteiger partial charge in [0.05, 0.1) is 25.7 Å². The largest absolute Gasteiger partial charge is 0.469 e. The van der Waals surface area contributed by atoms with Crippen molar-refractivity contribution in [2.75, 3.05) is 21.3 Å². The van der Waals surface area contributed by atoms with Gasteiger partial charge in [0.1, 0.15) is 5.60 Å². The van der Waals surface area contributed by atoms with Crippen LogP contribution in [0.4, 0.5) is 4.79 Å². The SMILES string of the molecule is CCC(C)C(C(CC(=O)OC)OC)N(C)C(=O)OC(C)(C)C. The maximum absolute atomic E-state index is 12.3. The number of likely N-dealkylation sites (N-methyl/N-ethyl adjacent to an activating group) is 1. The predicted octanol–water partition coefficient (Wildman–Crippen LogP) is 2.85. The first kappa shape index (κ1) is 20.7. The zero-order valence-electron chi connectivity index (χ0n) is 15.1. The van der Waals surface area contributed by atoms with Crippen molar-refractivity contribution in [2.45, 2.75) is 65.2 Å². The topological polar surface area (TPSA) is 65.1 Å². The average Bonchev–Trinajstić information content (AvgIpc) is 2.43. The molecule has 6 heteroatoms. The van der Waals surface area contributed by atoms with E-state index in [-0.39, 0.29) is 24.3 Å². The van der Waals surface area contributed by atoms with Crippen molar-refractivity contribution < 1.29 is 23.8 Å². The van der Waals surface area contributed by atoms with Crippen molar-refractivity contribution in [1.29, 1.82) is 0 Å². The molecule has 0 aromatic carbocycles. The van der Waals surface area contributed by atoms with Crippen LogP contribution in [0.15, 0.2) is 0 Å². The van der Waals surface area contributed by atoms with Gasteiger partial charge in [0.2, 0.25) is 0 Å². The van der Waals surface area contributed by atoms with Gasteiger partial charge >= 0.3 is 12.1 Å². The number of carbonyl (C=O) groups excluding carboxylic acids is 2. The number of hydrogen-bond donors (Lipinski definition) is 0. The fourth-order valence-electron chi connectivity index (χ4n) is 2.29. The van der Waals surface area contributed by atoms with E-state index in [2.05, 4.69) is 0 Å². The first-order valence-electron chi connectivity index (χ1n) is 7.62. The minimum Gasteiger partial charge on any atom is -0.469 e. The maximum Gasteiger partial charge on any atom is 0.410 e. The van der Waals surface area contributed by atoms with Crippen LogP contribution >= 0.6 is 0 Å². The summed E-state index contributed by atoms with van der Waals surface area (Å²) in [5, 5.41) is 0. The third-order valence-corrected chi connectivity index (χ3v) is 3.63. The number of nitrogens with zero attached hydrogens (tertiary/aromatic N) is 1. The van der Waals surface area contributed by atoms with Gasteiger partial charge in [0.15, 0.2) is 0 Å². The molecule has 0 saturated heterocycles. The standard InChI is InChI=1S/C16H31NO5/c1-9-11(2)14(12(20-7)10-13(18)21-8)17(6)15(19)22-16(3,4)5/h11-12,14H,9-10H2,1-8H3. The molecule has 0 spiro atoms. The molecule has 0 aromatic rings. The minimum atomic E-state index is -0.573. The number of esters is 1. The Kier molecular flexibility index (Phi) is 8.45. The zero-order valence-corrected chi connectivity index (χ0v) is 15.1. The van der Waals surface area contributed by atoms with Gasteiger partial charge < -0.3 is 19.1 Å². The summed E-state index contributed by atoms with van der Waals surface area (Å²) in [5.74, 6) is -0.218. The summed E-state index contributed by atoms with van der Waals surface area (Å²) in [7, 11) is 4.55. The molecule has 0 heterocycles. The Labute approximate surface area is 134 Å². The first-order valence-corrected chi connectivity index (χ1v) is 7.62. The van der Waals surface area contributed by atoms with Crippen LogP contribution in [0.5, 0.6) is 0 Å². The molecule has 0 aliphatic rings. The van der Waals surface area contributed by atoms with Crippen molar-refractivity contribution in [3.05, 3.63) is 0 Å². The van der Waals surface area contributed by atoms with Gasteiger partial charge in [-0.15, -0.1) is 0 Å². The van der Waals surface area contributed by atoms with Crippen molar-refractivity contribution >= 4 is 12.1 Å². The second kappa shape index (κ2) is 8.98. The van der Waals surface area contributed by atoms with Gasteiger partial charge in [-0.2, -0.15) is 0 Å². The average molecular weight is 317 g/mol. The van der Waals surface area contributed by atoms with Crippen LogP contribution in [-0.4, -0.2) is 56.0 Å². The zero-order chi connectivity index (χ0) is 17.5. The molecule has 0 saturated carbocycles. The molecule has 1 amide bonds. The van der Waals surface area contributed by atoms with Gasteiger partial charge in [-0.25, -0.2) is 4.79 Å². The molecule has 22 heavy (non-hydrogen) atoms. The Morgan fingerprint density at radius 1 is 1.18 bits per heavy atom. The Morgan fingerprint density at radius 3 is 2.09 bits per heavy atom. The highest BCUT2D eigenvalue weighted by atomic mass is 16.6. The number of amides is 1. The minimum absolute atomic E-state index is 0.0924. The lowest BCUT2D eigenvalue weighted by atomic mass is 9.91. The first-order chi connectivity index (χ1) is 10.1. The summed E-state index contributed by atoms with van der Waals surface area (Å²) in [6.45, 7) is 9.51. The molecule has 0 fully saturated rings. The van der Waals surface area contributed by atoms with Crippen molar-refractivity contribution in [2.24, 2.45) is 5.92 Å². The number of ether oxygens (including phenoxy) is 3. The van der Waals surface area contributed by atoms with Gasteiger partial charge in [-0.1, -0.05) is 20.3 Å². The predicted molar refractivity (Wildman–Crippen MR) is 84.7 cm³/mol. The van der Waals surface area contributed by atoms with E-state index in [9.17, 15) is 9.59 Å². The van der Waals surface area contributed by atoms with E-state index < -0.39 is 17.8 Å². The lowest BCUT2D eigenvalue weighted by molar-refractivity contribution is -0.145. The molecular formula is C16H31NO5. The van der Waals surface area contributed by atoms with Crippen LogP contribution in [0.3, 0.4) is 0 Å². The molecule has 0 radical (unpaired) electrons. The Balaban J connectivity index is 5.24. The third-order valence-electron chi connectivity index (χ3n) is 3.63. The summed E-state index contributed by atoms with van der Waals surface area (Å²) in [6, 6.07) is -0.274. The second-order valence-corrected chi connectivity index (χ2v) is 6.52. The van der Waals surface area contributed by atoms with Crippen LogP contribution in [0, 0.1) is 5.92 Å². The van der Waals surface area contributed by atoms with E-state index in [0.29, 0.717) is 0 Å². The molecule has 3 atom stereocenters. The highest BCUT2D eigenvalue weighted by molar-refractivity contribution is 5.71.